The maximum absolute atomic E-state index is 12.3. The van der Waals surface area contributed by atoms with Gasteiger partial charge in [0.2, 0.25) is 0 Å². The number of fused-ring (bicyclic) bond motifs is 2. The van der Waals surface area contributed by atoms with Gasteiger partial charge in [0.05, 0.1) is 0 Å². The number of anilines is 2. The molecule has 2 heterocycles. The van der Waals surface area contributed by atoms with Gasteiger partial charge in [0.15, 0.2) is 0 Å². The van der Waals surface area contributed by atoms with Crippen LogP contribution in [0.4, 0.5) is 11.4 Å². The highest BCUT2D eigenvalue weighted by molar-refractivity contribution is 6.05. The van der Waals surface area contributed by atoms with E-state index in [1.807, 2.05) is 48.7 Å². The topological polar surface area (TPSA) is 56.9 Å². The third kappa shape index (κ3) is 2.14. The first-order valence-corrected chi connectivity index (χ1v) is 7.05. The van der Waals surface area contributed by atoms with Gasteiger partial charge in [-0.1, -0.05) is 0 Å². The second kappa shape index (κ2) is 4.66. The van der Waals surface area contributed by atoms with Gasteiger partial charge in [-0.25, -0.2) is 0 Å². The molecular weight excluding hydrogens is 262 g/mol. The first kappa shape index (κ1) is 12.0. The summed E-state index contributed by atoms with van der Waals surface area (Å²) in [6.07, 6.45) is 2.87. The van der Waals surface area contributed by atoms with E-state index < -0.39 is 0 Å². The van der Waals surface area contributed by atoms with Crippen molar-refractivity contribution < 1.29 is 4.79 Å². The van der Waals surface area contributed by atoms with Crippen LogP contribution in [-0.4, -0.2) is 17.4 Å². The van der Waals surface area contributed by atoms with E-state index in [9.17, 15) is 4.79 Å². The number of nitrogens with one attached hydrogen (secondary N) is 3. The van der Waals surface area contributed by atoms with E-state index in [1.165, 1.54) is 5.56 Å². The van der Waals surface area contributed by atoms with E-state index in [1.54, 1.807) is 0 Å². The molecule has 0 saturated carbocycles. The van der Waals surface area contributed by atoms with Crippen molar-refractivity contribution in [3.05, 3.63) is 59.8 Å². The predicted octanol–water partition coefficient (Wildman–Crippen LogP) is 3.39. The minimum Gasteiger partial charge on any atom is -0.384 e. The van der Waals surface area contributed by atoms with Gasteiger partial charge in [0, 0.05) is 40.6 Å². The van der Waals surface area contributed by atoms with Crippen molar-refractivity contribution in [1.82, 2.24) is 4.98 Å². The summed E-state index contributed by atoms with van der Waals surface area (Å²) in [5.41, 5.74) is 4.93. The lowest BCUT2D eigenvalue weighted by molar-refractivity contribution is 0.102. The molecule has 0 fully saturated rings. The van der Waals surface area contributed by atoms with Crippen LogP contribution in [0.5, 0.6) is 0 Å². The number of hydrogen-bond acceptors (Lipinski definition) is 2. The Morgan fingerprint density at radius 2 is 2.05 bits per heavy atom. The first-order chi connectivity index (χ1) is 10.3. The van der Waals surface area contributed by atoms with Gasteiger partial charge in [-0.05, 0) is 54.4 Å². The molecule has 4 heteroatoms. The quantitative estimate of drug-likeness (QED) is 0.672. The third-order valence-corrected chi connectivity index (χ3v) is 3.89. The number of aromatic amines is 1. The zero-order valence-electron chi connectivity index (χ0n) is 11.4. The van der Waals surface area contributed by atoms with Crippen molar-refractivity contribution in [2.75, 3.05) is 17.2 Å². The van der Waals surface area contributed by atoms with Crippen LogP contribution in [0, 0.1) is 0 Å². The average Bonchev–Trinajstić information content (AvgIpc) is 3.14. The summed E-state index contributed by atoms with van der Waals surface area (Å²) in [5.74, 6) is -0.0698. The van der Waals surface area contributed by atoms with Crippen LogP contribution >= 0.6 is 0 Å². The van der Waals surface area contributed by atoms with Gasteiger partial charge in [-0.2, -0.15) is 0 Å². The highest BCUT2D eigenvalue weighted by atomic mass is 16.1. The van der Waals surface area contributed by atoms with Crippen molar-refractivity contribution in [3.63, 3.8) is 0 Å². The SMILES string of the molecule is O=C(Nc1ccc2[nH]ccc2c1)c1ccc2c(c1)CCN2. The molecule has 1 aliphatic rings. The summed E-state index contributed by atoms with van der Waals surface area (Å²) in [6, 6.07) is 13.7. The Morgan fingerprint density at radius 1 is 1.10 bits per heavy atom. The molecule has 1 aromatic heterocycles. The Balaban J connectivity index is 1.59. The van der Waals surface area contributed by atoms with E-state index in [4.69, 9.17) is 0 Å². The van der Waals surface area contributed by atoms with Crippen LogP contribution < -0.4 is 10.6 Å². The molecule has 21 heavy (non-hydrogen) atoms. The van der Waals surface area contributed by atoms with Crippen molar-refractivity contribution >= 4 is 28.2 Å². The molecular formula is C17H15N3O. The van der Waals surface area contributed by atoms with Gasteiger partial charge >= 0.3 is 0 Å². The molecule has 1 aliphatic heterocycles. The van der Waals surface area contributed by atoms with Crippen molar-refractivity contribution in [3.8, 4) is 0 Å². The first-order valence-electron chi connectivity index (χ1n) is 7.05. The molecule has 3 aromatic rings. The molecule has 0 spiro atoms. The summed E-state index contributed by atoms with van der Waals surface area (Å²) < 4.78 is 0. The van der Waals surface area contributed by atoms with E-state index in [-0.39, 0.29) is 5.91 Å². The number of H-pyrrole nitrogens is 1. The minimum atomic E-state index is -0.0698. The molecule has 2 aromatic carbocycles. The molecule has 1 amide bonds. The van der Waals surface area contributed by atoms with Crippen molar-refractivity contribution in [1.29, 1.82) is 0 Å². The number of amides is 1. The number of carbonyl (C=O) groups is 1. The second-order valence-electron chi connectivity index (χ2n) is 5.28. The monoisotopic (exact) mass is 277 g/mol. The number of carbonyl (C=O) groups excluding carboxylic acids is 1. The normalized spacial score (nSPS) is 13.0. The number of rotatable bonds is 2. The molecule has 0 radical (unpaired) electrons. The summed E-state index contributed by atoms with van der Waals surface area (Å²) in [7, 11) is 0. The van der Waals surface area contributed by atoms with Gasteiger partial charge in [0.25, 0.3) is 5.91 Å². The van der Waals surface area contributed by atoms with Crippen LogP contribution in [0.2, 0.25) is 0 Å². The fraction of sp³-hybridized carbons (Fsp3) is 0.118. The lowest BCUT2D eigenvalue weighted by Gasteiger charge is -2.07. The molecule has 4 nitrogen and oxygen atoms in total. The Hall–Kier alpha value is -2.75. The minimum absolute atomic E-state index is 0.0698. The summed E-state index contributed by atoms with van der Waals surface area (Å²) >= 11 is 0. The Labute approximate surface area is 122 Å². The van der Waals surface area contributed by atoms with E-state index >= 15 is 0 Å². The highest BCUT2D eigenvalue weighted by Crippen LogP contribution is 2.24. The lowest BCUT2D eigenvalue weighted by Crippen LogP contribution is -2.12. The molecule has 0 aliphatic carbocycles. The largest absolute Gasteiger partial charge is 0.384 e. The molecule has 0 unspecified atom stereocenters. The van der Waals surface area contributed by atoms with E-state index in [0.717, 1.165) is 35.2 Å². The molecule has 3 N–H and O–H groups in total. The smallest absolute Gasteiger partial charge is 0.255 e. The second-order valence-corrected chi connectivity index (χ2v) is 5.28. The maximum atomic E-state index is 12.3. The molecule has 0 saturated heterocycles. The fourth-order valence-corrected chi connectivity index (χ4v) is 2.78. The summed E-state index contributed by atoms with van der Waals surface area (Å²) in [6.45, 7) is 0.949. The molecule has 0 bridgehead atoms. The summed E-state index contributed by atoms with van der Waals surface area (Å²) in [4.78, 5) is 15.5. The zero-order chi connectivity index (χ0) is 14.2. The number of hydrogen-bond donors (Lipinski definition) is 3. The maximum Gasteiger partial charge on any atom is 0.255 e. The molecule has 4 rings (SSSR count). The predicted molar refractivity (Wildman–Crippen MR) is 84.9 cm³/mol. The van der Waals surface area contributed by atoms with Crippen LogP contribution in [-0.2, 0) is 6.42 Å². The van der Waals surface area contributed by atoms with Crippen molar-refractivity contribution in [2.24, 2.45) is 0 Å². The van der Waals surface area contributed by atoms with Gasteiger partial charge in [-0.3, -0.25) is 4.79 Å². The number of benzene rings is 2. The number of aromatic nitrogens is 1. The van der Waals surface area contributed by atoms with E-state index in [2.05, 4.69) is 15.6 Å². The zero-order valence-corrected chi connectivity index (χ0v) is 11.4. The lowest BCUT2D eigenvalue weighted by atomic mass is 10.1. The van der Waals surface area contributed by atoms with Gasteiger partial charge < -0.3 is 15.6 Å². The van der Waals surface area contributed by atoms with Gasteiger partial charge in [-0.15, -0.1) is 0 Å². The summed E-state index contributed by atoms with van der Waals surface area (Å²) in [5, 5.41) is 7.34. The molecule has 0 atom stereocenters. The Morgan fingerprint density at radius 3 is 3.00 bits per heavy atom. The molecule has 104 valence electrons. The highest BCUT2D eigenvalue weighted by Gasteiger charge is 2.13. The van der Waals surface area contributed by atoms with Crippen LogP contribution in [0.25, 0.3) is 10.9 Å². The van der Waals surface area contributed by atoms with Crippen LogP contribution in [0.3, 0.4) is 0 Å². The van der Waals surface area contributed by atoms with Crippen LogP contribution in [0.15, 0.2) is 48.7 Å². The Kier molecular flexibility index (Phi) is 2.67. The van der Waals surface area contributed by atoms with Crippen molar-refractivity contribution in [2.45, 2.75) is 6.42 Å². The fourth-order valence-electron chi connectivity index (χ4n) is 2.78. The van der Waals surface area contributed by atoms with Gasteiger partial charge in [0.1, 0.15) is 0 Å². The third-order valence-electron chi connectivity index (χ3n) is 3.89. The average molecular weight is 277 g/mol. The van der Waals surface area contributed by atoms with Crippen LogP contribution in [0.1, 0.15) is 15.9 Å². The van der Waals surface area contributed by atoms with E-state index in [0.29, 0.717) is 5.56 Å². The standard InChI is InChI=1S/C17H15N3O/c21-17(13-1-3-15-11(9-13)5-7-18-15)20-14-2-4-16-12(10-14)6-8-19-16/h1-4,6,8-10,18-19H,5,7H2,(H,20,21). The Bertz CT molecular complexity index is 835.